The van der Waals surface area contributed by atoms with Gasteiger partial charge in [0.1, 0.15) is 0 Å². The molecular weight excluding hydrogens is 372 g/mol. The second-order valence-corrected chi connectivity index (χ2v) is 8.39. The molecule has 1 saturated heterocycles. The molecule has 2 aliphatic heterocycles. The van der Waals surface area contributed by atoms with Crippen LogP contribution in [0.15, 0.2) is 23.7 Å². The third-order valence-corrected chi connectivity index (χ3v) is 6.46. The van der Waals surface area contributed by atoms with Gasteiger partial charge in [-0.15, -0.1) is 11.3 Å². The number of carbonyl (C=O) groups excluding carboxylic acids is 1. The summed E-state index contributed by atoms with van der Waals surface area (Å²) in [6, 6.07) is 4.29. The maximum absolute atomic E-state index is 12.6. The first kappa shape index (κ1) is 19.5. The van der Waals surface area contributed by atoms with Crippen LogP contribution in [0.5, 0.6) is 0 Å². The minimum Gasteiger partial charge on any atom is -0.374 e. The summed E-state index contributed by atoms with van der Waals surface area (Å²) in [7, 11) is 0. The fourth-order valence-electron chi connectivity index (χ4n) is 3.75. The Labute approximate surface area is 170 Å². The van der Waals surface area contributed by atoms with Crippen LogP contribution in [0.1, 0.15) is 39.0 Å². The summed E-state index contributed by atoms with van der Waals surface area (Å²) in [5.74, 6) is 0.0249. The van der Waals surface area contributed by atoms with Crippen LogP contribution in [0.3, 0.4) is 0 Å². The lowest BCUT2D eigenvalue weighted by Crippen LogP contribution is -2.45. The van der Waals surface area contributed by atoms with Gasteiger partial charge >= 0.3 is 0 Å². The summed E-state index contributed by atoms with van der Waals surface area (Å²) in [5.41, 5.74) is 4.44. The van der Waals surface area contributed by atoms with Gasteiger partial charge in [-0.2, -0.15) is 0 Å². The zero-order valence-corrected chi connectivity index (χ0v) is 17.2. The highest BCUT2D eigenvalue weighted by molar-refractivity contribution is 7.10. The summed E-state index contributed by atoms with van der Waals surface area (Å²) in [6.45, 7) is 7.79. The van der Waals surface area contributed by atoms with E-state index in [1.807, 2.05) is 11.6 Å². The smallest absolute Gasteiger partial charge is 0.252 e. The maximum Gasteiger partial charge on any atom is 0.252 e. The zero-order chi connectivity index (χ0) is 19.3. The monoisotopic (exact) mass is 400 g/mol. The first-order valence-corrected chi connectivity index (χ1v) is 11.0. The minimum absolute atomic E-state index is 0.0249. The van der Waals surface area contributed by atoms with Crippen molar-refractivity contribution in [2.24, 2.45) is 0 Å². The number of morpholine rings is 1. The Morgan fingerprint density at radius 1 is 1.46 bits per heavy atom. The number of amides is 1. The molecule has 0 spiro atoms. The van der Waals surface area contributed by atoms with E-state index < -0.39 is 0 Å². The lowest BCUT2D eigenvalue weighted by atomic mass is 10.0. The highest BCUT2D eigenvalue weighted by atomic mass is 32.1. The van der Waals surface area contributed by atoms with Crippen molar-refractivity contribution < 1.29 is 9.53 Å². The van der Waals surface area contributed by atoms with Crippen LogP contribution in [0, 0.1) is 0 Å². The van der Waals surface area contributed by atoms with Crippen molar-refractivity contribution in [3.05, 3.63) is 51.0 Å². The Hall–Kier alpha value is -1.80. The molecule has 4 heterocycles. The molecule has 2 aliphatic rings. The average Bonchev–Trinajstić information content (AvgIpc) is 3.17. The van der Waals surface area contributed by atoms with E-state index in [-0.39, 0.29) is 12.0 Å². The number of carbonyl (C=O) groups is 1. The number of fused-ring (bicyclic) bond motifs is 1. The fourth-order valence-corrected chi connectivity index (χ4v) is 4.87. The van der Waals surface area contributed by atoms with E-state index in [1.54, 1.807) is 11.3 Å². The number of nitrogens with one attached hydrogen (secondary N) is 2. The Bertz CT molecular complexity index is 799. The van der Waals surface area contributed by atoms with Gasteiger partial charge < -0.3 is 15.4 Å². The van der Waals surface area contributed by atoms with Gasteiger partial charge in [-0.25, -0.2) is 0 Å². The Morgan fingerprint density at radius 3 is 3.14 bits per heavy atom. The molecule has 2 aromatic rings. The molecule has 0 aliphatic carbocycles. The van der Waals surface area contributed by atoms with Gasteiger partial charge in [0.2, 0.25) is 0 Å². The van der Waals surface area contributed by atoms with E-state index in [0.717, 1.165) is 56.8 Å². The normalized spacial score (nSPS) is 20.0. The molecule has 0 saturated carbocycles. The molecule has 4 rings (SSSR count). The van der Waals surface area contributed by atoms with Crippen LogP contribution < -0.4 is 10.6 Å². The predicted octanol–water partition coefficient (Wildman–Crippen LogP) is 1.98. The third-order valence-electron chi connectivity index (χ3n) is 5.45. The number of thiophene rings is 1. The van der Waals surface area contributed by atoms with Crippen LogP contribution in [0.4, 0.5) is 0 Å². The summed E-state index contributed by atoms with van der Waals surface area (Å²) in [5, 5.41) is 8.35. The summed E-state index contributed by atoms with van der Waals surface area (Å²) in [4.78, 5) is 20.9. The fraction of sp³-hybridized carbons (Fsp3) is 0.524. The number of hydrogen-bond donors (Lipinski definition) is 2. The van der Waals surface area contributed by atoms with Gasteiger partial charge in [-0.1, -0.05) is 13.0 Å². The quantitative estimate of drug-likeness (QED) is 0.776. The van der Waals surface area contributed by atoms with E-state index in [1.165, 1.54) is 16.0 Å². The largest absolute Gasteiger partial charge is 0.374 e. The third kappa shape index (κ3) is 4.60. The van der Waals surface area contributed by atoms with Crippen LogP contribution >= 0.6 is 11.3 Å². The molecule has 1 unspecified atom stereocenters. The van der Waals surface area contributed by atoms with Gasteiger partial charge in [0.25, 0.3) is 5.91 Å². The van der Waals surface area contributed by atoms with E-state index >= 15 is 0 Å². The first-order chi connectivity index (χ1) is 13.7. The second kappa shape index (κ2) is 9.13. The van der Waals surface area contributed by atoms with Gasteiger partial charge in [-0.3, -0.25) is 14.7 Å². The zero-order valence-electron chi connectivity index (χ0n) is 16.4. The molecule has 2 N–H and O–H groups in total. The first-order valence-electron chi connectivity index (χ1n) is 10.1. The standard InChI is InChI=1S/C21H28N4O2S/c1-2-15-3-4-16(23-9-15)12-25-7-5-18-19(14-28-20(18)13-25)21(26)24-11-17-10-22-6-8-27-17/h3-4,9,14,17,22H,2,5-8,10-13H2,1H3,(H,24,26). The molecular formula is C21H28N4O2S. The van der Waals surface area contributed by atoms with Crippen molar-refractivity contribution >= 4 is 17.2 Å². The van der Waals surface area contributed by atoms with Crippen molar-refractivity contribution in [2.75, 3.05) is 32.8 Å². The number of aryl methyl sites for hydroxylation is 1. The number of rotatable bonds is 6. The molecule has 0 aromatic carbocycles. The molecule has 150 valence electrons. The number of aromatic nitrogens is 1. The Morgan fingerprint density at radius 2 is 2.39 bits per heavy atom. The van der Waals surface area contributed by atoms with E-state index in [9.17, 15) is 4.79 Å². The molecule has 0 radical (unpaired) electrons. The SMILES string of the molecule is CCc1ccc(CN2CCc3c(C(=O)NCC4CNCCO4)csc3C2)nc1. The van der Waals surface area contributed by atoms with Crippen molar-refractivity contribution in [1.82, 2.24) is 20.5 Å². The molecule has 1 atom stereocenters. The lowest BCUT2D eigenvalue weighted by Gasteiger charge is -2.27. The van der Waals surface area contributed by atoms with E-state index in [2.05, 4.69) is 39.6 Å². The Kier molecular flexibility index (Phi) is 6.36. The molecule has 7 heteroatoms. The molecule has 1 fully saturated rings. The van der Waals surface area contributed by atoms with Crippen LogP contribution in [0.25, 0.3) is 0 Å². The maximum atomic E-state index is 12.6. The van der Waals surface area contributed by atoms with Crippen LogP contribution in [-0.2, 0) is 30.7 Å². The highest BCUT2D eigenvalue weighted by Crippen LogP contribution is 2.29. The topological polar surface area (TPSA) is 66.5 Å². The highest BCUT2D eigenvalue weighted by Gasteiger charge is 2.24. The minimum atomic E-state index is 0.0249. The number of nitrogens with zero attached hydrogens (tertiary/aromatic N) is 2. The predicted molar refractivity (Wildman–Crippen MR) is 111 cm³/mol. The molecule has 0 bridgehead atoms. The van der Waals surface area contributed by atoms with Gasteiger partial charge in [-0.05, 0) is 30.0 Å². The van der Waals surface area contributed by atoms with Crippen molar-refractivity contribution in [3.63, 3.8) is 0 Å². The Balaban J connectivity index is 1.33. The van der Waals surface area contributed by atoms with Crippen molar-refractivity contribution in [1.29, 1.82) is 0 Å². The van der Waals surface area contributed by atoms with Crippen LogP contribution in [-0.4, -0.2) is 54.7 Å². The van der Waals surface area contributed by atoms with Gasteiger partial charge in [0.15, 0.2) is 0 Å². The molecule has 28 heavy (non-hydrogen) atoms. The lowest BCUT2D eigenvalue weighted by molar-refractivity contribution is 0.0287. The van der Waals surface area contributed by atoms with Crippen LogP contribution in [0.2, 0.25) is 0 Å². The number of ether oxygens (including phenoxy) is 1. The number of hydrogen-bond acceptors (Lipinski definition) is 6. The summed E-state index contributed by atoms with van der Waals surface area (Å²) in [6.07, 6.45) is 3.97. The van der Waals surface area contributed by atoms with Crippen molar-refractivity contribution in [3.8, 4) is 0 Å². The molecule has 6 nitrogen and oxygen atoms in total. The van der Waals surface area contributed by atoms with Crippen molar-refractivity contribution in [2.45, 2.75) is 39.0 Å². The molecule has 2 aromatic heterocycles. The molecule has 1 amide bonds. The summed E-state index contributed by atoms with van der Waals surface area (Å²) >= 11 is 1.70. The number of pyridine rings is 1. The average molecular weight is 401 g/mol. The van der Waals surface area contributed by atoms with E-state index in [0.29, 0.717) is 13.2 Å². The van der Waals surface area contributed by atoms with E-state index in [4.69, 9.17) is 4.74 Å². The van der Waals surface area contributed by atoms with Gasteiger partial charge in [0.05, 0.1) is 24.0 Å². The second-order valence-electron chi connectivity index (χ2n) is 7.43. The summed E-state index contributed by atoms with van der Waals surface area (Å²) < 4.78 is 5.66. The van der Waals surface area contributed by atoms with Gasteiger partial charge in [0, 0.05) is 55.7 Å².